The molecule has 30 heavy (non-hydrogen) atoms. The number of methoxy groups -OCH3 is 1. The summed E-state index contributed by atoms with van der Waals surface area (Å²) in [6.07, 6.45) is 1.81. The van der Waals surface area contributed by atoms with E-state index in [0.29, 0.717) is 29.9 Å². The van der Waals surface area contributed by atoms with E-state index in [-0.39, 0.29) is 5.91 Å². The van der Waals surface area contributed by atoms with Crippen LogP contribution in [0, 0.1) is 11.8 Å². The Kier molecular flexibility index (Phi) is 5.20. The maximum Gasteiger partial charge on any atom is 0.310 e. The summed E-state index contributed by atoms with van der Waals surface area (Å²) in [5, 5.41) is 11.2. The summed E-state index contributed by atoms with van der Waals surface area (Å²) < 4.78 is 6.43. The third kappa shape index (κ3) is 3.62. The lowest BCUT2D eigenvalue weighted by Crippen LogP contribution is -2.33. The number of fused-ring (bicyclic) bond motifs is 1. The minimum atomic E-state index is -0.532. The molecule has 2 heterocycles. The molecule has 2 aromatic carbocycles. The van der Waals surface area contributed by atoms with Crippen LogP contribution < -0.4 is 16.4 Å². The summed E-state index contributed by atoms with van der Waals surface area (Å²) in [5.74, 6) is -2.14. The molecule has 1 fully saturated rings. The fraction of sp³-hybridized carbons (Fsp3) is 0.238. The molecule has 2 amide bonds. The highest BCUT2D eigenvalue weighted by Gasteiger charge is 2.38. The van der Waals surface area contributed by atoms with E-state index < -0.39 is 23.7 Å². The molecule has 1 aliphatic heterocycles. The van der Waals surface area contributed by atoms with Crippen molar-refractivity contribution in [1.29, 1.82) is 0 Å². The molecule has 4 rings (SSSR count). The lowest BCUT2D eigenvalue weighted by atomic mass is 9.95. The van der Waals surface area contributed by atoms with Crippen molar-refractivity contribution in [2.75, 3.05) is 25.5 Å². The number of rotatable bonds is 5. The number of ether oxygens (including phenoxy) is 1. The minimum absolute atomic E-state index is 0.237. The van der Waals surface area contributed by atoms with Crippen LogP contribution in [-0.4, -0.2) is 47.8 Å². The average Bonchev–Trinajstić information content (AvgIpc) is 3.40. The summed E-state index contributed by atoms with van der Waals surface area (Å²) in [6, 6.07) is 12.4. The fourth-order valence-electron chi connectivity index (χ4n) is 3.66. The predicted molar refractivity (Wildman–Crippen MR) is 110 cm³/mol. The van der Waals surface area contributed by atoms with Gasteiger partial charge in [-0.25, -0.2) is 4.68 Å². The van der Waals surface area contributed by atoms with Crippen molar-refractivity contribution in [2.24, 2.45) is 17.6 Å². The minimum Gasteiger partial charge on any atom is -0.469 e. The van der Waals surface area contributed by atoms with Gasteiger partial charge in [0.1, 0.15) is 5.52 Å². The molecule has 0 unspecified atom stereocenters. The first kappa shape index (κ1) is 19.6. The molecule has 154 valence electrons. The van der Waals surface area contributed by atoms with Crippen molar-refractivity contribution < 1.29 is 19.1 Å². The van der Waals surface area contributed by atoms with Crippen LogP contribution in [0.15, 0.2) is 48.7 Å². The van der Waals surface area contributed by atoms with Gasteiger partial charge in [-0.2, -0.15) is 5.10 Å². The second-order valence-electron chi connectivity index (χ2n) is 7.11. The van der Waals surface area contributed by atoms with E-state index in [1.807, 2.05) is 6.07 Å². The van der Waals surface area contributed by atoms with Gasteiger partial charge in [-0.05, 0) is 30.3 Å². The third-order valence-corrected chi connectivity index (χ3v) is 5.26. The molecule has 4 N–H and O–H groups in total. The smallest absolute Gasteiger partial charge is 0.310 e. The fourth-order valence-corrected chi connectivity index (χ4v) is 3.66. The normalized spacial score (nSPS) is 18.3. The van der Waals surface area contributed by atoms with Crippen LogP contribution in [0.25, 0.3) is 16.6 Å². The van der Waals surface area contributed by atoms with Crippen LogP contribution in [-0.2, 0) is 14.3 Å². The molecule has 0 radical (unpaired) electrons. The van der Waals surface area contributed by atoms with Crippen LogP contribution in [0.3, 0.4) is 0 Å². The number of carbonyl (C=O) groups is 3. The van der Waals surface area contributed by atoms with E-state index in [9.17, 15) is 14.4 Å². The molecule has 1 aromatic heterocycles. The number of primary amides is 1. The van der Waals surface area contributed by atoms with Gasteiger partial charge in [0, 0.05) is 30.4 Å². The highest BCUT2D eigenvalue weighted by Crippen LogP contribution is 2.23. The Labute approximate surface area is 172 Å². The van der Waals surface area contributed by atoms with Gasteiger partial charge < -0.3 is 21.1 Å². The average molecular weight is 407 g/mol. The van der Waals surface area contributed by atoms with Crippen molar-refractivity contribution in [1.82, 2.24) is 15.1 Å². The zero-order valence-electron chi connectivity index (χ0n) is 16.3. The number of nitrogens with two attached hydrogens (primary N) is 1. The Morgan fingerprint density at radius 1 is 1.13 bits per heavy atom. The van der Waals surface area contributed by atoms with Crippen molar-refractivity contribution in [3.05, 3.63) is 54.2 Å². The zero-order valence-corrected chi connectivity index (χ0v) is 16.3. The van der Waals surface area contributed by atoms with Crippen molar-refractivity contribution >= 4 is 34.4 Å². The maximum atomic E-state index is 12.6. The maximum absolute atomic E-state index is 12.6. The van der Waals surface area contributed by atoms with Gasteiger partial charge in [-0.3, -0.25) is 14.4 Å². The van der Waals surface area contributed by atoms with Crippen molar-refractivity contribution in [3.8, 4) is 5.69 Å². The van der Waals surface area contributed by atoms with Crippen molar-refractivity contribution in [2.45, 2.75) is 0 Å². The lowest BCUT2D eigenvalue weighted by molar-refractivity contribution is -0.147. The number of amides is 2. The number of benzene rings is 2. The number of nitrogens with zero attached hydrogens (tertiary/aromatic N) is 2. The molecule has 2 atom stereocenters. The molecule has 0 spiro atoms. The number of nitrogens with one attached hydrogen (secondary N) is 2. The molecule has 0 bridgehead atoms. The molecular weight excluding hydrogens is 386 g/mol. The summed E-state index contributed by atoms with van der Waals surface area (Å²) in [4.78, 5) is 36.0. The summed E-state index contributed by atoms with van der Waals surface area (Å²) in [6.45, 7) is 0.843. The SMILES string of the molecule is COC(=O)[C@H]1CNC[C@H]1C(=O)Nc1ccc(-n2cc3cccc(C(N)=O)c3n2)cc1. The van der Waals surface area contributed by atoms with Crippen LogP contribution >= 0.6 is 0 Å². The molecule has 9 nitrogen and oxygen atoms in total. The number of carbonyl (C=O) groups excluding carboxylic acids is 3. The largest absolute Gasteiger partial charge is 0.469 e. The van der Waals surface area contributed by atoms with Gasteiger partial charge in [-0.1, -0.05) is 12.1 Å². The lowest BCUT2D eigenvalue weighted by Gasteiger charge is -2.16. The highest BCUT2D eigenvalue weighted by atomic mass is 16.5. The second kappa shape index (κ2) is 7.96. The summed E-state index contributed by atoms with van der Waals surface area (Å²) in [7, 11) is 1.32. The predicted octanol–water partition coefficient (Wildman–Crippen LogP) is 1.07. The van der Waals surface area contributed by atoms with Crippen LogP contribution in [0.4, 0.5) is 5.69 Å². The number of anilines is 1. The van der Waals surface area contributed by atoms with E-state index in [1.165, 1.54) is 7.11 Å². The van der Waals surface area contributed by atoms with Crippen LogP contribution in [0.5, 0.6) is 0 Å². The third-order valence-electron chi connectivity index (χ3n) is 5.26. The Bertz CT molecular complexity index is 1120. The first-order valence-electron chi connectivity index (χ1n) is 9.46. The van der Waals surface area contributed by atoms with Crippen molar-refractivity contribution in [3.63, 3.8) is 0 Å². The van der Waals surface area contributed by atoms with Gasteiger partial charge in [0.25, 0.3) is 5.91 Å². The molecule has 1 saturated heterocycles. The second-order valence-corrected chi connectivity index (χ2v) is 7.11. The summed E-state index contributed by atoms with van der Waals surface area (Å²) in [5.41, 5.74) is 7.68. The molecule has 9 heteroatoms. The van der Waals surface area contributed by atoms with E-state index in [4.69, 9.17) is 10.5 Å². The van der Waals surface area contributed by atoms with E-state index in [2.05, 4.69) is 15.7 Å². The van der Waals surface area contributed by atoms with E-state index >= 15 is 0 Å². The first-order valence-corrected chi connectivity index (χ1v) is 9.46. The highest BCUT2D eigenvalue weighted by molar-refractivity contribution is 6.04. The standard InChI is InChI=1S/C21H21N5O4/c1-30-21(29)17-10-23-9-16(17)20(28)24-13-5-7-14(8-6-13)26-11-12-3-2-4-15(19(22)27)18(12)25-26/h2-8,11,16-17,23H,9-10H2,1H3,(H2,22,27)(H,24,28)/t16-,17+/m1/s1. The summed E-state index contributed by atoms with van der Waals surface area (Å²) >= 11 is 0. The van der Waals surface area contributed by atoms with Gasteiger partial charge in [-0.15, -0.1) is 0 Å². The van der Waals surface area contributed by atoms with Gasteiger partial charge >= 0.3 is 5.97 Å². The number of aromatic nitrogens is 2. The van der Waals surface area contributed by atoms with Gasteiger partial charge in [0.2, 0.25) is 5.91 Å². The topological polar surface area (TPSA) is 128 Å². The van der Waals surface area contributed by atoms with E-state index in [0.717, 1.165) is 11.1 Å². The number of hydrogen-bond acceptors (Lipinski definition) is 6. The first-order chi connectivity index (χ1) is 14.5. The van der Waals surface area contributed by atoms with E-state index in [1.54, 1.807) is 47.3 Å². The zero-order chi connectivity index (χ0) is 21.3. The quantitative estimate of drug-likeness (QED) is 0.543. The van der Waals surface area contributed by atoms with Gasteiger partial charge in [0.15, 0.2) is 0 Å². The molecule has 0 aliphatic carbocycles. The monoisotopic (exact) mass is 407 g/mol. The number of esters is 1. The Morgan fingerprint density at radius 3 is 2.57 bits per heavy atom. The van der Waals surface area contributed by atoms with Gasteiger partial charge in [0.05, 0.1) is 30.2 Å². The Morgan fingerprint density at radius 2 is 1.87 bits per heavy atom. The Hall–Kier alpha value is -3.72. The van der Waals surface area contributed by atoms with Crippen LogP contribution in [0.1, 0.15) is 10.4 Å². The van der Waals surface area contributed by atoms with Crippen LogP contribution in [0.2, 0.25) is 0 Å². The number of hydrogen-bond donors (Lipinski definition) is 3. The molecular formula is C21H21N5O4. The molecule has 1 aliphatic rings. The molecule has 3 aromatic rings. The molecule has 0 saturated carbocycles. The Balaban J connectivity index is 1.51.